The minimum atomic E-state index is 0.269. The molecule has 2 heterocycles. The van der Waals surface area contributed by atoms with E-state index in [0.717, 1.165) is 91.4 Å². The van der Waals surface area contributed by atoms with Crippen LogP contribution in [-0.4, -0.2) is 76.3 Å². The van der Waals surface area contributed by atoms with Crippen LogP contribution in [0.3, 0.4) is 0 Å². The van der Waals surface area contributed by atoms with Crippen LogP contribution in [0.15, 0.2) is 0 Å². The number of unbranched alkanes of at least 4 members (excludes halogenated alkanes) is 2. The maximum atomic E-state index is 8.55. The van der Waals surface area contributed by atoms with Gasteiger partial charge in [0.25, 0.3) is 0 Å². The fourth-order valence-corrected chi connectivity index (χ4v) is 2.77. The van der Waals surface area contributed by atoms with Gasteiger partial charge in [-0.3, -0.25) is 0 Å². The zero-order chi connectivity index (χ0) is 19.1. The molecule has 0 aliphatic carbocycles. The second-order valence-electron chi connectivity index (χ2n) is 7.66. The fourth-order valence-electron chi connectivity index (χ4n) is 2.77. The zero-order valence-electron chi connectivity index (χ0n) is 16.8. The van der Waals surface area contributed by atoms with E-state index in [1.165, 1.54) is 0 Å². The summed E-state index contributed by atoms with van der Waals surface area (Å²) in [5, 5.41) is 17.1. The molecule has 2 aliphatic rings. The van der Waals surface area contributed by atoms with Crippen molar-refractivity contribution in [2.24, 2.45) is 10.8 Å². The van der Waals surface area contributed by atoms with Crippen LogP contribution >= 0.6 is 0 Å². The van der Waals surface area contributed by atoms with E-state index >= 15 is 0 Å². The van der Waals surface area contributed by atoms with Gasteiger partial charge in [-0.2, -0.15) is 0 Å². The van der Waals surface area contributed by atoms with Crippen LogP contribution in [0.1, 0.15) is 52.4 Å². The number of hydrogen-bond acceptors (Lipinski definition) is 6. The number of aliphatic hydroxyl groups excluding tert-OH is 2. The molecule has 2 N–H and O–H groups in total. The molecular weight excluding hydrogens is 336 g/mol. The molecule has 0 amide bonds. The summed E-state index contributed by atoms with van der Waals surface area (Å²) >= 11 is 0. The minimum absolute atomic E-state index is 0.269. The summed E-state index contributed by atoms with van der Waals surface area (Å²) in [4.78, 5) is 0. The number of ether oxygens (including phenoxy) is 4. The van der Waals surface area contributed by atoms with Crippen molar-refractivity contribution in [1.29, 1.82) is 0 Å². The van der Waals surface area contributed by atoms with Gasteiger partial charge < -0.3 is 29.2 Å². The number of rotatable bonds is 14. The summed E-state index contributed by atoms with van der Waals surface area (Å²) < 4.78 is 21.5. The molecule has 0 aromatic rings. The summed E-state index contributed by atoms with van der Waals surface area (Å²) in [6.07, 6.45) is 5.86. The van der Waals surface area contributed by atoms with Gasteiger partial charge in [-0.25, -0.2) is 0 Å². The summed E-state index contributed by atoms with van der Waals surface area (Å²) in [5.74, 6) is 0. The lowest BCUT2D eigenvalue weighted by atomic mass is 9.84. The monoisotopic (exact) mass is 376 g/mol. The summed E-state index contributed by atoms with van der Waals surface area (Å²) in [5.41, 5.74) is 0.610. The normalized spacial score (nSPS) is 19.8. The molecule has 156 valence electrons. The van der Waals surface area contributed by atoms with E-state index in [0.29, 0.717) is 10.8 Å². The first-order chi connectivity index (χ1) is 12.7. The highest BCUT2D eigenvalue weighted by atomic mass is 16.5. The van der Waals surface area contributed by atoms with Gasteiger partial charge in [0.1, 0.15) is 0 Å². The Morgan fingerprint density at radius 1 is 0.692 bits per heavy atom. The Balaban J connectivity index is 0.000000260. The molecule has 26 heavy (non-hydrogen) atoms. The Morgan fingerprint density at radius 3 is 1.31 bits per heavy atom. The lowest BCUT2D eigenvalue weighted by Crippen LogP contribution is -2.45. The number of aliphatic hydroxyl groups is 2. The van der Waals surface area contributed by atoms with Crippen molar-refractivity contribution < 1.29 is 29.2 Å². The first-order valence-electron chi connectivity index (χ1n) is 10.2. The standard InChI is InChI=1S/2C10H20O3/c2*1-2-10(8-13-9-10)7-12-6-4-3-5-11/h2*11H,2-9H2,1H3. The third-order valence-electron chi connectivity index (χ3n) is 5.34. The Labute approximate surface area is 159 Å². The highest BCUT2D eigenvalue weighted by molar-refractivity contribution is 4.84. The maximum Gasteiger partial charge on any atom is 0.0566 e. The Kier molecular flexibility index (Phi) is 12.7. The average molecular weight is 377 g/mol. The highest BCUT2D eigenvalue weighted by Gasteiger charge is 2.37. The van der Waals surface area contributed by atoms with E-state index in [1.807, 2.05) is 0 Å². The van der Waals surface area contributed by atoms with Crippen LogP contribution in [0.2, 0.25) is 0 Å². The van der Waals surface area contributed by atoms with Crippen molar-refractivity contribution in [1.82, 2.24) is 0 Å². The van der Waals surface area contributed by atoms with E-state index in [1.54, 1.807) is 0 Å². The second kappa shape index (κ2) is 13.9. The van der Waals surface area contributed by atoms with Crippen LogP contribution in [0.5, 0.6) is 0 Å². The predicted molar refractivity (Wildman–Crippen MR) is 101 cm³/mol. The molecule has 2 fully saturated rings. The van der Waals surface area contributed by atoms with Crippen molar-refractivity contribution in [2.45, 2.75) is 52.4 Å². The first kappa shape index (κ1) is 23.8. The van der Waals surface area contributed by atoms with Crippen LogP contribution in [0.4, 0.5) is 0 Å². The molecule has 6 heteroatoms. The molecule has 0 unspecified atom stereocenters. The number of hydrogen-bond donors (Lipinski definition) is 2. The van der Waals surface area contributed by atoms with E-state index in [9.17, 15) is 0 Å². The fraction of sp³-hybridized carbons (Fsp3) is 1.00. The van der Waals surface area contributed by atoms with Crippen LogP contribution in [0, 0.1) is 10.8 Å². The van der Waals surface area contributed by atoms with E-state index in [-0.39, 0.29) is 13.2 Å². The van der Waals surface area contributed by atoms with Crippen molar-refractivity contribution in [2.75, 3.05) is 66.1 Å². The molecule has 2 rings (SSSR count). The quantitative estimate of drug-likeness (QED) is 0.453. The van der Waals surface area contributed by atoms with Gasteiger partial charge in [-0.1, -0.05) is 13.8 Å². The lowest BCUT2D eigenvalue weighted by molar-refractivity contribution is -0.150. The van der Waals surface area contributed by atoms with E-state index in [2.05, 4.69) is 13.8 Å². The third kappa shape index (κ3) is 8.63. The van der Waals surface area contributed by atoms with E-state index < -0.39 is 0 Å². The van der Waals surface area contributed by atoms with Gasteiger partial charge >= 0.3 is 0 Å². The van der Waals surface area contributed by atoms with Gasteiger partial charge in [0.2, 0.25) is 0 Å². The van der Waals surface area contributed by atoms with Gasteiger partial charge in [0, 0.05) is 37.3 Å². The van der Waals surface area contributed by atoms with Crippen molar-refractivity contribution in [3.63, 3.8) is 0 Å². The Bertz CT molecular complexity index is 285. The molecule has 0 spiro atoms. The first-order valence-corrected chi connectivity index (χ1v) is 10.2. The summed E-state index contributed by atoms with van der Waals surface area (Å²) in [6, 6.07) is 0. The maximum absolute atomic E-state index is 8.55. The highest BCUT2D eigenvalue weighted by Crippen LogP contribution is 2.32. The third-order valence-corrected chi connectivity index (χ3v) is 5.34. The Hall–Kier alpha value is -0.240. The van der Waals surface area contributed by atoms with Crippen LogP contribution < -0.4 is 0 Å². The molecular formula is C20H40O6. The van der Waals surface area contributed by atoms with Crippen molar-refractivity contribution in [3.05, 3.63) is 0 Å². The minimum Gasteiger partial charge on any atom is -0.396 e. The van der Waals surface area contributed by atoms with Gasteiger partial charge in [0.15, 0.2) is 0 Å². The average Bonchev–Trinajstić information content (AvgIpc) is 2.59. The molecule has 0 aromatic heterocycles. The van der Waals surface area contributed by atoms with Crippen molar-refractivity contribution >= 4 is 0 Å². The van der Waals surface area contributed by atoms with E-state index in [4.69, 9.17) is 29.2 Å². The van der Waals surface area contributed by atoms with Gasteiger partial charge in [0.05, 0.1) is 39.6 Å². The Morgan fingerprint density at radius 2 is 1.08 bits per heavy atom. The molecule has 0 atom stereocenters. The van der Waals surface area contributed by atoms with Gasteiger partial charge in [-0.05, 0) is 38.5 Å². The summed E-state index contributed by atoms with van der Waals surface area (Å²) in [7, 11) is 0. The largest absolute Gasteiger partial charge is 0.396 e. The molecule has 0 radical (unpaired) electrons. The summed E-state index contributed by atoms with van der Waals surface area (Å²) in [6.45, 7) is 11.5. The topological polar surface area (TPSA) is 77.4 Å². The second-order valence-corrected chi connectivity index (χ2v) is 7.66. The molecule has 0 saturated carbocycles. The van der Waals surface area contributed by atoms with Gasteiger partial charge in [-0.15, -0.1) is 0 Å². The SMILES string of the molecule is CCC1(COCCCCO)COC1.CCC1(COCCCCO)COC1. The predicted octanol–water partition coefficient (Wildman–Crippen LogP) is 2.40. The van der Waals surface area contributed by atoms with Crippen LogP contribution in [0.25, 0.3) is 0 Å². The molecule has 2 aliphatic heterocycles. The molecule has 0 aromatic carbocycles. The molecule has 6 nitrogen and oxygen atoms in total. The smallest absolute Gasteiger partial charge is 0.0566 e. The molecule has 2 saturated heterocycles. The van der Waals surface area contributed by atoms with Crippen molar-refractivity contribution in [3.8, 4) is 0 Å². The molecule has 0 bridgehead atoms. The zero-order valence-corrected chi connectivity index (χ0v) is 16.8. The lowest BCUT2D eigenvalue weighted by Gasteiger charge is -2.40. The van der Waals surface area contributed by atoms with Crippen LogP contribution in [-0.2, 0) is 18.9 Å².